The first-order chi connectivity index (χ1) is 9.90. The number of para-hydroxylation sites is 1. The highest BCUT2D eigenvalue weighted by atomic mass is 16.5. The molecule has 0 aliphatic heterocycles. The molecular formula is C17H24N2O. The maximum absolute atomic E-state index is 5.53. The summed E-state index contributed by atoms with van der Waals surface area (Å²) in [7, 11) is 0. The summed E-state index contributed by atoms with van der Waals surface area (Å²) < 4.78 is 5.53. The van der Waals surface area contributed by atoms with Crippen LogP contribution in [0.3, 0.4) is 0 Å². The van der Waals surface area contributed by atoms with Crippen molar-refractivity contribution in [1.82, 2.24) is 10.3 Å². The van der Waals surface area contributed by atoms with E-state index >= 15 is 0 Å². The van der Waals surface area contributed by atoms with E-state index < -0.39 is 0 Å². The van der Waals surface area contributed by atoms with Gasteiger partial charge in [0.25, 0.3) is 0 Å². The summed E-state index contributed by atoms with van der Waals surface area (Å²) in [5.41, 5.74) is 2.16. The molecule has 0 spiro atoms. The molecule has 3 nitrogen and oxygen atoms in total. The minimum Gasteiger partial charge on any atom is -0.381 e. The molecule has 0 atom stereocenters. The number of pyridine rings is 1. The zero-order valence-electron chi connectivity index (χ0n) is 12.3. The number of nitrogens with one attached hydrogen (secondary N) is 1. The van der Waals surface area contributed by atoms with Crippen molar-refractivity contribution in [3.63, 3.8) is 0 Å². The molecule has 1 heterocycles. The summed E-state index contributed by atoms with van der Waals surface area (Å²) in [6.07, 6.45) is 3.41. The monoisotopic (exact) mass is 272 g/mol. The first kappa shape index (κ1) is 14.9. The van der Waals surface area contributed by atoms with Gasteiger partial charge in [0.1, 0.15) is 0 Å². The predicted octanol–water partition coefficient (Wildman–Crippen LogP) is 3.53. The molecule has 0 aliphatic rings. The standard InChI is InChI=1S/C17H24N2O/c1-2-3-12-20-13-6-11-18-14-16-10-9-15-7-4-5-8-17(15)19-16/h4-5,7-10,18H,2-3,6,11-14H2,1H3. The smallest absolute Gasteiger partial charge is 0.0705 e. The van der Waals surface area contributed by atoms with Crippen LogP contribution in [0.1, 0.15) is 31.9 Å². The summed E-state index contributed by atoms with van der Waals surface area (Å²) in [5.74, 6) is 0. The van der Waals surface area contributed by atoms with Gasteiger partial charge in [-0.2, -0.15) is 0 Å². The number of ether oxygens (including phenoxy) is 1. The number of unbranched alkanes of at least 4 members (excludes halogenated alkanes) is 1. The number of hydrogen-bond acceptors (Lipinski definition) is 3. The molecule has 20 heavy (non-hydrogen) atoms. The maximum atomic E-state index is 5.53. The van der Waals surface area contributed by atoms with Crippen molar-refractivity contribution in [2.24, 2.45) is 0 Å². The largest absolute Gasteiger partial charge is 0.381 e. The van der Waals surface area contributed by atoms with E-state index in [1.807, 2.05) is 12.1 Å². The normalized spacial score (nSPS) is 11.1. The van der Waals surface area contributed by atoms with E-state index in [9.17, 15) is 0 Å². The number of hydrogen-bond donors (Lipinski definition) is 1. The average Bonchev–Trinajstić information content (AvgIpc) is 2.50. The third kappa shape index (κ3) is 4.91. The third-order valence-electron chi connectivity index (χ3n) is 3.25. The van der Waals surface area contributed by atoms with Gasteiger partial charge in [-0.05, 0) is 31.5 Å². The van der Waals surface area contributed by atoms with Gasteiger partial charge in [0.05, 0.1) is 11.2 Å². The highest BCUT2D eigenvalue weighted by Crippen LogP contribution is 2.11. The average molecular weight is 272 g/mol. The molecule has 0 unspecified atom stereocenters. The van der Waals surface area contributed by atoms with Crippen molar-refractivity contribution >= 4 is 10.9 Å². The van der Waals surface area contributed by atoms with Crippen LogP contribution in [-0.2, 0) is 11.3 Å². The SMILES string of the molecule is CCCCOCCCNCc1ccc2ccccc2n1. The second kappa shape index (κ2) is 8.67. The molecule has 0 radical (unpaired) electrons. The molecule has 3 heteroatoms. The topological polar surface area (TPSA) is 34.1 Å². The summed E-state index contributed by atoms with van der Waals surface area (Å²) in [6.45, 7) is 5.71. The molecule has 0 aliphatic carbocycles. The lowest BCUT2D eigenvalue weighted by molar-refractivity contribution is 0.128. The first-order valence-electron chi connectivity index (χ1n) is 7.53. The highest BCUT2D eigenvalue weighted by molar-refractivity contribution is 5.78. The van der Waals surface area contributed by atoms with Crippen molar-refractivity contribution in [2.75, 3.05) is 19.8 Å². The van der Waals surface area contributed by atoms with Crippen molar-refractivity contribution in [3.05, 3.63) is 42.1 Å². The number of nitrogens with zero attached hydrogens (tertiary/aromatic N) is 1. The fourth-order valence-corrected chi connectivity index (χ4v) is 2.07. The van der Waals surface area contributed by atoms with Gasteiger partial charge in [-0.3, -0.25) is 4.98 Å². The van der Waals surface area contributed by atoms with E-state index in [0.717, 1.165) is 50.4 Å². The van der Waals surface area contributed by atoms with Crippen LogP contribution < -0.4 is 5.32 Å². The molecule has 0 bridgehead atoms. The number of aromatic nitrogens is 1. The van der Waals surface area contributed by atoms with E-state index in [2.05, 4.69) is 41.5 Å². The van der Waals surface area contributed by atoms with Crippen molar-refractivity contribution in [1.29, 1.82) is 0 Å². The maximum Gasteiger partial charge on any atom is 0.0705 e. The third-order valence-corrected chi connectivity index (χ3v) is 3.25. The van der Waals surface area contributed by atoms with E-state index in [4.69, 9.17) is 4.74 Å². The number of rotatable bonds is 9. The second-order valence-electron chi connectivity index (χ2n) is 4.99. The van der Waals surface area contributed by atoms with Gasteiger partial charge in [-0.1, -0.05) is 37.6 Å². The van der Waals surface area contributed by atoms with Crippen LogP contribution in [0.15, 0.2) is 36.4 Å². The fraction of sp³-hybridized carbons (Fsp3) is 0.471. The van der Waals surface area contributed by atoms with E-state index in [-0.39, 0.29) is 0 Å². The van der Waals surface area contributed by atoms with Gasteiger partial charge in [0.2, 0.25) is 0 Å². The van der Waals surface area contributed by atoms with Crippen molar-refractivity contribution in [3.8, 4) is 0 Å². The lowest BCUT2D eigenvalue weighted by atomic mass is 10.2. The van der Waals surface area contributed by atoms with Gasteiger partial charge >= 0.3 is 0 Å². The summed E-state index contributed by atoms with van der Waals surface area (Å²) in [4.78, 5) is 4.64. The molecule has 1 N–H and O–H groups in total. The summed E-state index contributed by atoms with van der Waals surface area (Å²) in [6, 6.07) is 12.4. The predicted molar refractivity (Wildman–Crippen MR) is 83.8 cm³/mol. The summed E-state index contributed by atoms with van der Waals surface area (Å²) >= 11 is 0. The second-order valence-corrected chi connectivity index (χ2v) is 4.99. The lowest BCUT2D eigenvalue weighted by Gasteiger charge is -2.06. The minimum atomic E-state index is 0.819. The number of benzene rings is 1. The van der Waals surface area contributed by atoms with Gasteiger partial charge in [0, 0.05) is 25.1 Å². The number of fused-ring (bicyclic) bond motifs is 1. The highest BCUT2D eigenvalue weighted by Gasteiger charge is 1.97. The molecular weight excluding hydrogens is 248 g/mol. The molecule has 0 saturated carbocycles. The van der Waals surface area contributed by atoms with Gasteiger partial charge in [0.15, 0.2) is 0 Å². The van der Waals surface area contributed by atoms with Crippen LogP contribution in [0.4, 0.5) is 0 Å². The summed E-state index contributed by atoms with van der Waals surface area (Å²) in [5, 5.41) is 4.61. The molecule has 2 aromatic rings. The van der Waals surface area contributed by atoms with Gasteiger partial charge in [-0.15, -0.1) is 0 Å². The molecule has 0 fully saturated rings. The van der Waals surface area contributed by atoms with Crippen LogP contribution in [0.2, 0.25) is 0 Å². The van der Waals surface area contributed by atoms with Crippen LogP contribution in [-0.4, -0.2) is 24.7 Å². The zero-order chi connectivity index (χ0) is 14.0. The molecule has 0 amide bonds. The van der Waals surface area contributed by atoms with Crippen LogP contribution >= 0.6 is 0 Å². The van der Waals surface area contributed by atoms with E-state index in [1.165, 1.54) is 11.8 Å². The van der Waals surface area contributed by atoms with Gasteiger partial charge in [-0.25, -0.2) is 0 Å². The van der Waals surface area contributed by atoms with Crippen LogP contribution in [0, 0.1) is 0 Å². The van der Waals surface area contributed by atoms with E-state index in [1.54, 1.807) is 0 Å². The molecule has 1 aromatic heterocycles. The molecule has 0 saturated heterocycles. The zero-order valence-corrected chi connectivity index (χ0v) is 12.3. The van der Waals surface area contributed by atoms with Gasteiger partial charge < -0.3 is 10.1 Å². The van der Waals surface area contributed by atoms with Crippen molar-refractivity contribution < 1.29 is 4.74 Å². The van der Waals surface area contributed by atoms with Crippen LogP contribution in [0.5, 0.6) is 0 Å². The molecule has 1 aromatic carbocycles. The Morgan fingerprint density at radius 3 is 2.80 bits per heavy atom. The van der Waals surface area contributed by atoms with Crippen molar-refractivity contribution in [2.45, 2.75) is 32.7 Å². The molecule has 108 valence electrons. The Hall–Kier alpha value is -1.45. The Bertz CT molecular complexity index is 513. The Labute approximate surface area is 121 Å². The Morgan fingerprint density at radius 2 is 1.90 bits per heavy atom. The Balaban J connectivity index is 1.65. The lowest BCUT2D eigenvalue weighted by Crippen LogP contribution is -2.17. The quantitative estimate of drug-likeness (QED) is 0.709. The fourth-order valence-electron chi connectivity index (χ4n) is 2.07. The van der Waals surface area contributed by atoms with E-state index in [0.29, 0.717) is 0 Å². The Morgan fingerprint density at radius 1 is 1.05 bits per heavy atom. The Kier molecular flexibility index (Phi) is 6.48. The minimum absolute atomic E-state index is 0.819. The van der Waals surface area contributed by atoms with Crippen LogP contribution in [0.25, 0.3) is 10.9 Å². The first-order valence-corrected chi connectivity index (χ1v) is 7.53. The molecule has 2 rings (SSSR count).